The summed E-state index contributed by atoms with van der Waals surface area (Å²) >= 11 is 0. The molecule has 1 N–H and O–H groups in total. The van der Waals surface area contributed by atoms with Crippen molar-refractivity contribution in [3.63, 3.8) is 0 Å². The van der Waals surface area contributed by atoms with E-state index in [1.807, 2.05) is 4.90 Å². The second-order valence-electron chi connectivity index (χ2n) is 5.79. The molecule has 0 unspecified atom stereocenters. The van der Waals surface area contributed by atoms with Gasteiger partial charge in [0.25, 0.3) is 0 Å². The van der Waals surface area contributed by atoms with Gasteiger partial charge < -0.3 is 10.2 Å². The van der Waals surface area contributed by atoms with Gasteiger partial charge in [0.1, 0.15) is 11.6 Å². The summed E-state index contributed by atoms with van der Waals surface area (Å²) in [5.74, 6) is -0.689. The van der Waals surface area contributed by atoms with Crippen molar-refractivity contribution in [2.75, 3.05) is 24.5 Å². The third-order valence-electron chi connectivity index (χ3n) is 4.41. The van der Waals surface area contributed by atoms with Crippen molar-refractivity contribution in [2.45, 2.75) is 37.6 Å². The molecule has 1 aliphatic heterocycles. The van der Waals surface area contributed by atoms with E-state index in [0.29, 0.717) is 5.69 Å². The molecular formula is C15H20F2N2. The highest BCUT2D eigenvalue weighted by Crippen LogP contribution is 2.34. The van der Waals surface area contributed by atoms with Gasteiger partial charge in [0.05, 0.1) is 5.69 Å². The van der Waals surface area contributed by atoms with Crippen LogP contribution in [0.4, 0.5) is 14.5 Å². The minimum Gasteiger partial charge on any atom is -0.367 e. The van der Waals surface area contributed by atoms with Crippen molar-refractivity contribution in [3.8, 4) is 0 Å². The second-order valence-corrected chi connectivity index (χ2v) is 5.79. The van der Waals surface area contributed by atoms with Crippen molar-refractivity contribution >= 4 is 5.69 Å². The zero-order valence-electron chi connectivity index (χ0n) is 11.1. The average Bonchev–Trinajstić information content (AvgIpc) is 2.74. The van der Waals surface area contributed by atoms with Gasteiger partial charge in [-0.15, -0.1) is 0 Å². The summed E-state index contributed by atoms with van der Waals surface area (Å²) in [5.41, 5.74) is 0.518. The van der Waals surface area contributed by atoms with Crippen LogP contribution in [-0.2, 0) is 0 Å². The average molecular weight is 266 g/mol. The van der Waals surface area contributed by atoms with Crippen LogP contribution in [0.15, 0.2) is 18.2 Å². The highest BCUT2D eigenvalue weighted by Gasteiger charge is 2.36. The van der Waals surface area contributed by atoms with Crippen molar-refractivity contribution in [2.24, 2.45) is 0 Å². The Hall–Kier alpha value is -1.16. The summed E-state index contributed by atoms with van der Waals surface area (Å²) in [5, 5.41) is 3.63. The molecule has 1 aromatic rings. The molecule has 1 aromatic carbocycles. The van der Waals surface area contributed by atoms with E-state index in [1.54, 1.807) is 0 Å². The zero-order valence-corrected chi connectivity index (χ0v) is 11.1. The Balaban J connectivity index is 1.88. The number of nitrogens with zero attached hydrogens (tertiary/aromatic N) is 1. The molecule has 2 fully saturated rings. The molecule has 0 atom stereocenters. The molecule has 1 saturated heterocycles. The quantitative estimate of drug-likeness (QED) is 0.840. The molecule has 0 amide bonds. The fraction of sp³-hybridized carbons (Fsp3) is 0.600. The van der Waals surface area contributed by atoms with Gasteiger partial charge in [-0.05, 0) is 37.9 Å². The Bertz CT molecular complexity index is 455. The monoisotopic (exact) mass is 266 g/mol. The normalized spacial score (nSPS) is 22.7. The maximum atomic E-state index is 13.9. The second kappa shape index (κ2) is 5.08. The Labute approximate surface area is 112 Å². The molecule has 1 spiro atoms. The predicted molar refractivity (Wildman–Crippen MR) is 72.4 cm³/mol. The number of nitrogens with one attached hydrogen (secondary N) is 1. The van der Waals surface area contributed by atoms with Crippen LogP contribution in [0.25, 0.3) is 0 Å². The van der Waals surface area contributed by atoms with Crippen LogP contribution in [0.1, 0.15) is 32.1 Å². The Morgan fingerprint density at radius 1 is 1.11 bits per heavy atom. The van der Waals surface area contributed by atoms with Crippen LogP contribution in [-0.4, -0.2) is 25.2 Å². The maximum absolute atomic E-state index is 13.9. The van der Waals surface area contributed by atoms with E-state index in [-0.39, 0.29) is 17.2 Å². The van der Waals surface area contributed by atoms with E-state index in [4.69, 9.17) is 0 Å². The third kappa shape index (κ3) is 2.59. The lowest BCUT2D eigenvalue weighted by atomic mass is 9.97. The van der Waals surface area contributed by atoms with Gasteiger partial charge >= 0.3 is 0 Å². The molecule has 3 rings (SSSR count). The smallest absolute Gasteiger partial charge is 0.146 e. The van der Waals surface area contributed by atoms with Gasteiger partial charge in [-0.1, -0.05) is 12.8 Å². The lowest BCUT2D eigenvalue weighted by molar-refractivity contribution is 0.354. The summed E-state index contributed by atoms with van der Waals surface area (Å²) in [6, 6.07) is 3.73. The largest absolute Gasteiger partial charge is 0.367 e. The van der Waals surface area contributed by atoms with Crippen LogP contribution >= 0.6 is 0 Å². The van der Waals surface area contributed by atoms with Crippen molar-refractivity contribution < 1.29 is 8.78 Å². The molecule has 0 bridgehead atoms. The number of rotatable bonds is 1. The van der Waals surface area contributed by atoms with Crippen molar-refractivity contribution in [3.05, 3.63) is 29.8 Å². The highest BCUT2D eigenvalue weighted by molar-refractivity contribution is 5.49. The zero-order chi connectivity index (χ0) is 13.3. The van der Waals surface area contributed by atoms with Crippen molar-refractivity contribution in [1.82, 2.24) is 5.32 Å². The minimum absolute atomic E-state index is 0.106. The van der Waals surface area contributed by atoms with Crippen LogP contribution in [0.5, 0.6) is 0 Å². The van der Waals surface area contributed by atoms with Gasteiger partial charge in [0.15, 0.2) is 0 Å². The Kier molecular flexibility index (Phi) is 3.44. The van der Waals surface area contributed by atoms with Gasteiger partial charge in [-0.3, -0.25) is 0 Å². The van der Waals surface area contributed by atoms with E-state index in [2.05, 4.69) is 5.32 Å². The van der Waals surface area contributed by atoms with Crippen LogP contribution in [0.3, 0.4) is 0 Å². The van der Waals surface area contributed by atoms with Gasteiger partial charge in [0.2, 0.25) is 0 Å². The van der Waals surface area contributed by atoms with Gasteiger partial charge in [0, 0.05) is 24.7 Å². The van der Waals surface area contributed by atoms with Crippen LogP contribution in [0.2, 0.25) is 0 Å². The first-order valence-corrected chi connectivity index (χ1v) is 7.14. The molecule has 4 heteroatoms. The molecule has 0 radical (unpaired) electrons. The SMILES string of the molecule is Fc1ccc(F)c(N2CCCNC3(CCCC3)C2)c1. The van der Waals surface area contributed by atoms with E-state index in [1.165, 1.54) is 31.0 Å². The van der Waals surface area contributed by atoms with Crippen molar-refractivity contribution in [1.29, 1.82) is 0 Å². The Morgan fingerprint density at radius 3 is 2.68 bits per heavy atom. The first kappa shape index (κ1) is 12.9. The minimum atomic E-state index is -0.367. The standard InChI is InChI=1S/C15H20F2N2/c16-12-4-5-13(17)14(10-12)19-9-3-8-18-15(11-19)6-1-2-7-15/h4-5,10,18H,1-3,6-9,11H2. The van der Waals surface area contributed by atoms with E-state index < -0.39 is 0 Å². The summed E-state index contributed by atoms with van der Waals surface area (Å²) in [6.45, 7) is 2.54. The highest BCUT2D eigenvalue weighted by atomic mass is 19.1. The number of benzene rings is 1. The van der Waals surface area contributed by atoms with Crippen LogP contribution in [0, 0.1) is 11.6 Å². The first-order chi connectivity index (χ1) is 9.19. The summed E-state index contributed by atoms with van der Waals surface area (Å²) in [6.07, 6.45) is 5.71. The van der Waals surface area contributed by atoms with E-state index >= 15 is 0 Å². The molecule has 2 nitrogen and oxygen atoms in total. The fourth-order valence-electron chi connectivity index (χ4n) is 3.44. The lowest BCUT2D eigenvalue weighted by Gasteiger charge is -2.34. The maximum Gasteiger partial charge on any atom is 0.146 e. The fourth-order valence-corrected chi connectivity index (χ4v) is 3.44. The first-order valence-electron chi connectivity index (χ1n) is 7.14. The topological polar surface area (TPSA) is 15.3 Å². The molecule has 0 aromatic heterocycles. The third-order valence-corrected chi connectivity index (χ3v) is 4.41. The molecular weight excluding hydrogens is 246 g/mol. The lowest BCUT2D eigenvalue weighted by Crippen LogP contribution is -2.49. The number of hydrogen-bond acceptors (Lipinski definition) is 2. The van der Waals surface area contributed by atoms with E-state index in [0.717, 1.165) is 38.9 Å². The number of halogens is 2. The summed E-state index contributed by atoms with van der Waals surface area (Å²) < 4.78 is 27.3. The van der Waals surface area contributed by atoms with Gasteiger partial charge in [-0.25, -0.2) is 8.78 Å². The summed E-state index contributed by atoms with van der Waals surface area (Å²) in [7, 11) is 0. The van der Waals surface area contributed by atoms with E-state index in [9.17, 15) is 8.78 Å². The predicted octanol–water partition coefficient (Wildman–Crippen LogP) is 3.08. The molecule has 19 heavy (non-hydrogen) atoms. The molecule has 104 valence electrons. The number of anilines is 1. The van der Waals surface area contributed by atoms with Crippen LogP contribution < -0.4 is 10.2 Å². The molecule has 1 saturated carbocycles. The molecule has 2 aliphatic rings. The number of hydrogen-bond donors (Lipinski definition) is 1. The summed E-state index contributed by atoms with van der Waals surface area (Å²) in [4.78, 5) is 2.02. The Morgan fingerprint density at radius 2 is 1.89 bits per heavy atom. The molecule has 1 aliphatic carbocycles. The molecule has 1 heterocycles. The van der Waals surface area contributed by atoms with Gasteiger partial charge in [-0.2, -0.15) is 0 Å².